The maximum atomic E-state index is 6.35. The van der Waals surface area contributed by atoms with Crippen molar-refractivity contribution in [1.82, 2.24) is 24.6 Å². The highest BCUT2D eigenvalue weighted by atomic mass is 16.5. The van der Waals surface area contributed by atoms with Crippen molar-refractivity contribution in [3.8, 4) is 17.1 Å². The molecule has 1 N–H and O–H groups in total. The average Bonchev–Trinajstić information content (AvgIpc) is 3.14. The molecule has 0 bridgehead atoms. The number of nitrogens with zero attached hydrogens (tertiary/aromatic N) is 5. The van der Waals surface area contributed by atoms with Crippen LogP contribution in [-0.4, -0.2) is 38.2 Å². The van der Waals surface area contributed by atoms with E-state index in [1.54, 1.807) is 17.1 Å². The van der Waals surface area contributed by atoms with Crippen LogP contribution in [0.1, 0.15) is 17.2 Å². The average molecular weight is 412 g/mol. The van der Waals surface area contributed by atoms with Gasteiger partial charge in [0.25, 0.3) is 0 Å². The molecule has 156 valence electrons. The van der Waals surface area contributed by atoms with Crippen LogP contribution in [-0.2, 0) is 13.6 Å². The molecule has 3 aromatic heterocycles. The Morgan fingerprint density at radius 3 is 2.61 bits per heavy atom. The zero-order chi connectivity index (χ0) is 21.2. The molecule has 0 spiro atoms. The van der Waals surface area contributed by atoms with Crippen molar-refractivity contribution >= 4 is 11.5 Å². The number of benzene rings is 1. The van der Waals surface area contributed by atoms with Gasteiger partial charge in [0.2, 0.25) is 5.88 Å². The first kappa shape index (κ1) is 19.3. The summed E-state index contributed by atoms with van der Waals surface area (Å²) in [4.78, 5) is 11.6. The van der Waals surface area contributed by atoms with Crippen LogP contribution >= 0.6 is 0 Å². The van der Waals surface area contributed by atoms with Gasteiger partial charge >= 0.3 is 0 Å². The molecule has 7 nitrogen and oxygen atoms in total. The summed E-state index contributed by atoms with van der Waals surface area (Å²) in [7, 11) is 4.00. The number of hydrogen-bond acceptors (Lipinski definition) is 6. The summed E-state index contributed by atoms with van der Waals surface area (Å²) < 4.78 is 8.12. The zero-order valence-corrected chi connectivity index (χ0v) is 17.6. The third-order valence-electron chi connectivity index (χ3n) is 5.32. The number of anilines is 2. The van der Waals surface area contributed by atoms with Gasteiger partial charge in [-0.15, -0.1) is 0 Å². The minimum absolute atomic E-state index is 0.0596. The Morgan fingerprint density at radius 2 is 1.87 bits per heavy atom. The highest BCUT2D eigenvalue weighted by Gasteiger charge is 2.23. The zero-order valence-electron chi connectivity index (χ0n) is 17.6. The standard InChI is InChI=1S/C24H24N6O/c1-29-14-18-8-11-23(28-24(18)31-22(16-29)17-6-4-3-5-7-17)27-20-9-10-21(25-13-20)19-12-26-30(2)15-19/h3-13,15,22H,14,16H2,1-2H3,(H,27,28). The monoisotopic (exact) mass is 412 g/mol. The third kappa shape index (κ3) is 4.27. The summed E-state index contributed by atoms with van der Waals surface area (Å²) in [6.45, 7) is 1.61. The van der Waals surface area contributed by atoms with E-state index < -0.39 is 0 Å². The number of fused-ring (bicyclic) bond motifs is 1. The van der Waals surface area contributed by atoms with Gasteiger partial charge in [-0.05, 0) is 36.9 Å². The molecule has 0 radical (unpaired) electrons. The van der Waals surface area contributed by atoms with Gasteiger partial charge in [-0.2, -0.15) is 10.1 Å². The number of likely N-dealkylation sites (N-methyl/N-ethyl adjacent to an activating group) is 1. The van der Waals surface area contributed by atoms with Crippen molar-refractivity contribution < 1.29 is 4.74 Å². The quantitative estimate of drug-likeness (QED) is 0.542. The fourth-order valence-electron chi connectivity index (χ4n) is 3.75. The fourth-order valence-corrected chi connectivity index (χ4v) is 3.75. The van der Waals surface area contributed by atoms with Crippen molar-refractivity contribution in [2.45, 2.75) is 12.6 Å². The van der Waals surface area contributed by atoms with Crippen molar-refractivity contribution in [3.05, 3.63) is 84.3 Å². The van der Waals surface area contributed by atoms with Crippen molar-refractivity contribution in [2.75, 3.05) is 18.9 Å². The van der Waals surface area contributed by atoms with Crippen LogP contribution in [0.15, 0.2) is 73.2 Å². The van der Waals surface area contributed by atoms with E-state index >= 15 is 0 Å². The first-order valence-electron chi connectivity index (χ1n) is 10.3. The molecular formula is C24H24N6O. The predicted octanol–water partition coefficient (Wildman–Crippen LogP) is 4.19. The van der Waals surface area contributed by atoms with Gasteiger partial charge in [-0.25, -0.2) is 0 Å². The van der Waals surface area contributed by atoms with Gasteiger partial charge in [0.1, 0.15) is 11.9 Å². The number of aryl methyl sites for hydroxylation is 1. The van der Waals surface area contributed by atoms with Gasteiger partial charge in [-0.3, -0.25) is 14.6 Å². The van der Waals surface area contributed by atoms with E-state index in [0.717, 1.165) is 47.0 Å². The van der Waals surface area contributed by atoms with E-state index in [-0.39, 0.29) is 6.10 Å². The summed E-state index contributed by atoms with van der Waals surface area (Å²) >= 11 is 0. The molecule has 1 atom stereocenters. The largest absolute Gasteiger partial charge is 0.468 e. The highest BCUT2D eigenvalue weighted by molar-refractivity contribution is 5.62. The van der Waals surface area contributed by atoms with Crippen LogP contribution in [0.5, 0.6) is 5.88 Å². The summed E-state index contributed by atoms with van der Waals surface area (Å²) in [5.74, 6) is 1.40. The van der Waals surface area contributed by atoms with Crippen molar-refractivity contribution in [2.24, 2.45) is 7.05 Å². The molecule has 1 aliphatic heterocycles. The lowest BCUT2D eigenvalue weighted by Gasteiger charge is -2.20. The lowest BCUT2D eigenvalue weighted by atomic mass is 10.1. The second-order valence-corrected chi connectivity index (χ2v) is 7.83. The lowest BCUT2D eigenvalue weighted by Crippen LogP contribution is -2.24. The number of ether oxygens (including phenoxy) is 1. The molecule has 0 aliphatic carbocycles. The maximum absolute atomic E-state index is 6.35. The number of aromatic nitrogens is 4. The van der Waals surface area contributed by atoms with Gasteiger partial charge in [0.05, 0.1) is 23.8 Å². The minimum Gasteiger partial charge on any atom is -0.468 e. The normalized spacial score (nSPS) is 16.3. The molecule has 0 amide bonds. The maximum Gasteiger partial charge on any atom is 0.220 e. The predicted molar refractivity (Wildman–Crippen MR) is 120 cm³/mol. The fraction of sp³-hybridized carbons (Fsp3) is 0.208. The minimum atomic E-state index is -0.0596. The van der Waals surface area contributed by atoms with Crippen molar-refractivity contribution in [3.63, 3.8) is 0 Å². The smallest absolute Gasteiger partial charge is 0.220 e. The molecule has 7 heteroatoms. The number of pyridine rings is 2. The van der Waals surface area contributed by atoms with E-state index in [1.807, 2.05) is 49.6 Å². The first-order valence-corrected chi connectivity index (χ1v) is 10.3. The van der Waals surface area contributed by atoms with E-state index in [4.69, 9.17) is 9.72 Å². The Morgan fingerprint density at radius 1 is 1.00 bits per heavy atom. The summed E-state index contributed by atoms with van der Waals surface area (Å²) in [6.07, 6.45) is 5.49. The van der Waals surface area contributed by atoms with Crippen LogP contribution in [0, 0.1) is 0 Å². The Kier molecular flexibility index (Phi) is 5.09. The molecule has 4 heterocycles. The topological polar surface area (TPSA) is 68.1 Å². The van der Waals surface area contributed by atoms with Crippen LogP contribution in [0.25, 0.3) is 11.3 Å². The van der Waals surface area contributed by atoms with E-state index in [1.165, 1.54) is 0 Å². The van der Waals surface area contributed by atoms with Crippen LogP contribution < -0.4 is 10.1 Å². The molecular weight excluding hydrogens is 388 g/mol. The highest BCUT2D eigenvalue weighted by Crippen LogP contribution is 2.31. The van der Waals surface area contributed by atoms with E-state index in [9.17, 15) is 0 Å². The first-order chi connectivity index (χ1) is 15.1. The van der Waals surface area contributed by atoms with E-state index in [2.05, 4.69) is 45.5 Å². The van der Waals surface area contributed by atoms with Gasteiger partial charge in [0, 0.05) is 37.5 Å². The second kappa shape index (κ2) is 8.20. The van der Waals surface area contributed by atoms with Gasteiger partial charge < -0.3 is 10.1 Å². The van der Waals surface area contributed by atoms with Gasteiger partial charge in [0.15, 0.2) is 0 Å². The van der Waals surface area contributed by atoms with Crippen molar-refractivity contribution in [1.29, 1.82) is 0 Å². The number of rotatable bonds is 4. The molecule has 1 unspecified atom stereocenters. The molecule has 1 aromatic carbocycles. The van der Waals surface area contributed by atoms with E-state index in [0.29, 0.717) is 5.88 Å². The number of nitrogens with one attached hydrogen (secondary N) is 1. The molecule has 0 fully saturated rings. The van der Waals surface area contributed by atoms with Crippen LogP contribution in [0.3, 0.4) is 0 Å². The lowest BCUT2D eigenvalue weighted by molar-refractivity contribution is 0.160. The summed E-state index contributed by atoms with van der Waals surface area (Å²) in [6, 6.07) is 18.3. The second-order valence-electron chi connectivity index (χ2n) is 7.83. The summed E-state index contributed by atoms with van der Waals surface area (Å²) in [5, 5.41) is 7.53. The molecule has 4 aromatic rings. The Bertz CT molecular complexity index is 1170. The Hall–Kier alpha value is -3.71. The Balaban J connectivity index is 1.36. The van der Waals surface area contributed by atoms with Crippen LogP contribution in [0.4, 0.5) is 11.5 Å². The molecule has 0 saturated carbocycles. The summed E-state index contributed by atoms with van der Waals surface area (Å²) in [5.41, 5.74) is 4.96. The number of hydrogen-bond donors (Lipinski definition) is 1. The molecule has 1 aliphatic rings. The SMILES string of the molecule is CN1Cc2ccc(Nc3ccc(-c4cnn(C)c4)nc3)nc2OC(c2ccccc2)C1. The Labute approximate surface area is 181 Å². The molecule has 0 saturated heterocycles. The molecule has 31 heavy (non-hydrogen) atoms. The third-order valence-corrected chi connectivity index (χ3v) is 5.32. The molecule has 5 rings (SSSR count). The van der Waals surface area contributed by atoms with Crippen LogP contribution in [0.2, 0.25) is 0 Å². The van der Waals surface area contributed by atoms with Gasteiger partial charge in [-0.1, -0.05) is 30.3 Å².